The molecule has 2 aromatic rings. The van der Waals surface area contributed by atoms with Crippen LogP contribution in [0.3, 0.4) is 0 Å². The summed E-state index contributed by atoms with van der Waals surface area (Å²) in [4.78, 5) is 40.7. The Morgan fingerprint density at radius 1 is 1.11 bits per heavy atom. The number of benzene rings is 2. The molecule has 27 heavy (non-hydrogen) atoms. The van der Waals surface area contributed by atoms with Crippen LogP contribution >= 0.6 is 11.6 Å². The van der Waals surface area contributed by atoms with Crippen LogP contribution in [0.15, 0.2) is 54.6 Å². The number of imide groups is 1. The lowest BCUT2D eigenvalue weighted by Crippen LogP contribution is -2.44. The molecule has 1 unspecified atom stereocenters. The smallest absolute Gasteiger partial charge is 0.319 e. The normalized spacial score (nSPS) is 19.1. The topological polar surface area (TPSA) is 69.7 Å². The number of halogens is 1. The standard InChI is InChI=1S/C20H20ClN3O3/c1-3-23(14-9-5-4-6-10-14)17(25)13-24-18(26)20(2,22-19(24)27)15-11-7-8-12-16(15)21/h4-12H,3,13H2,1-2H3,(H,22,27). The maximum atomic E-state index is 13.0. The maximum absolute atomic E-state index is 13.0. The van der Waals surface area contributed by atoms with Crippen molar-refractivity contribution in [1.82, 2.24) is 10.2 Å². The summed E-state index contributed by atoms with van der Waals surface area (Å²) in [5, 5.41) is 3.05. The quantitative estimate of drug-likeness (QED) is 0.804. The number of hydrogen-bond donors (Lipinski definition) is 1. The highest BCUT2D eigenvalue weighted by Gasteiger charge is 2.50. The van der Waals surface area contributed by atoms with Crippen LogP contribution < -0.4 is 10.2 Å². The zero-order valence-electron chi connectivity index (χ0n) is 15.1. The summed E-state index contributed by atoms with van der Waals surface area (Å²) in [6, 6.07) is 15.3. The van der Waals surface area contributed by atoms with Crippen LogP contribution in [0.2, 0.25) is 5.02 Å². The number of hydrogen-bond acceptors (Lipinski definition) is 3. The van der Waals surface area contributed by atoms with E-state index < -0.39 is 17.5 Å². The fourth-order valence-electron chi connectivity index (χ4n) is 3.22. The lowest BCUT2D eigenvalue weighted by Gasteiger charge is -2.25. The number of nitrogens with zero attached hydrogens (tertiary/aromatic N) is 2. The number of amides is 4. The largest absolute Gasteiger partial charge is 0.325 e. The molecule has 1 saturated heterocycles. The number of carbonyl (C=O) groups is 3. The van der Waals surface area contributed by atoms with Gasteiger partial charge in [-0.3, -0.25) is 14.5 Å². The Morgan fingerprint density at radius 3 is 2.37 bits per heavy atom. The van der Waals surface area contributed by atoms with E-state index >= 15 is 0 Å². The van der Waals surface area contributed by atoms with E-state index in [1.807, 2.05) is 25.1 Å². The van der Waals surface area contributed by atoms with E-state index in [1.165, 1.54) is 4.90 Å². The van der Waals surface area contributed by atoms with Gasteiger partial charge in [0.05, 0.1) is 0 Å². The average Bonchev–Trinajstić information content (AvgIpc) is 2.87. The van der Waals surface area contributed by atoms with Gasteiger partial charge in [0.2, 0.25) is 5.91 Å². The second-order valence-electron chi connectivity index (χ2n) is 6.40. The molecule has 2 aromatic carbocycles. The van der Waals surface area contributed by atoms with E-state index in [4.69, 9.17) is 11.6 Å². The van der Waals surface area contributed by atoms with Crippen LogP contribution in [-0.4, -0.2) is 35.8 Å². The molecule has 7 heteroatoms. The van der Waals surface area contributed by atoms with Gasteiger partial charge in [-0.1, -0.05) is 48.0 Å². The first-order valence-electron chi connectivity index (χ1n) is 8.63. The number of nitrogens with one attached hydrogen (secondary N) is 1. The van der Waals surface area contributed by atoms with Gasteiger partial charge in [0.15, 0.2) is 0 Å². The molecule has 1 heterocycles. The first-order valence-corrected chi connectivity index (χ1v) is 9.00. The van der Waals surface area contributed by atoms with E-state index in [0.29, 0.717) is 22.8 Å². The summed E-state index contributed by atoms with van der Waals surface area (Å²) >= 11 is 6.22. The molecule has 1 atom stereocenters. The number of likely N-dealkylation sites (N-methyl/N-ethyl adjacent to an activating group) is 1. The lowest BCUT2D eigenvalue weighted by atomic mass is 9.92. The second kappa shape index (κ2) is 7.40. The highest BCUT2D eigenvalue weighted by molar-refractivity contribution is 6.32. The number of carbonyl (C=O) groups excluding carboxylic acids is 3. The van der Waals surface area contributed by atoms with E-state index in [9.17, 15) is 14.4 Å². The molecule has 3 rings (SSSR count). The van der Waals surface area contributed by atoms with E-state index in [2.05, 4.69) is 5.32 Å². The Labute approximate surface area is 162 Å². The first kappa shape index (κ1) is 18.9. The van der Waals surface area contributed by atoms with Crippen molar-refractivity contribution in [2.75, 3.05) is 18.0 Å². The van der Waals surface area contributed by atoms with Crippen molar-refractivity contribution in [3.63, 3.8) is 0 Å². The summed E-state index contributed by atoms with van der Waals surface area (Å²) < 4.78 is 0. The van der Waals surface area contributed by atoms with Crippen LogP contribution in [0.5, 0.6) is 0 Å². The van der Waals surface area contributed by atoms with Crippen molar-refractivity contribution in [3.05, 3.63) is 65.2 Å². The van der Waals surface area contributed by atoms with Gasteiger partial charge >= 0.3 is 6.03 Å². The molecule has 0 aromatic heterocycles. The fraction of sp³-hybridized carbons (Fsp3) is 0.250. The van der Waals surface area contributed by atoms with E-state index in [0.717, 1.165) is 4.90 Å². The van der Waals surface area contributed by atoms with Gasteiger partial charge in [0, 0.05) is 22.8 Å². The molecular formula is C20H20ClN3O3. The van der Waals surface area contributed by atoms with Crippen molar-refractivity contribution in [2.24, 2.45) is 0 Å². The third-order valence-electron chi connectivity index (χ3n) is 4.67. The number of rotatable bonds is 5. The Hall–Kier alpha value is -2.86. The zero-order valence-corrected chi connectivity index (χ0v) is 15.9. The van der Waals surface area contributed by atoms with Crippen LogP contribution in [0.25, 0.3) is 0 Å². The number of para-hydroxylation sites is 1. The predicted octanol–water partition coefficient (Wildman–Crippen LogP) is 3.16. The van der Waals surface area contributed by atoms with Crippen molar-refractivity contribution < 1.29 is 14.4 Å². The molecule has 4 amide bonds. The van der Waals surface area contributed by atoms with Gasteiger partial charge in [0.25, 0.3) is 5.91 Å². The van der Waals surface area contributed by atoms with Gasteiger partial charge in [-0.25, -0.2) is 4.79 Å². The molecule has 1 aliphatic rings. The monoisotopic (exact) mass is 385 g/mol. The summed E-state index contributed by atoms with van der Waals surface area (Å²) in [5.41, 5.74) is -0.0965. The molecule has 1 fully saturated rings. The highest BCUT2D eigenvalue weighted by atomic mass is 35.5. The Morgan fingerprint density at radius 2 is 1.74 bits per heavy atom. The molecular weight excluding hydrogens is 366 g/mol. The van der Waals surface area contributed by atoms with Crippen LogP contribution in [0.4, 0.5) is 10.5 Å². The second-order valence-corrected chi connectivity index (χ2v) is 6.81. The lowest BCUT2D eigenvalue weighted by molar-refractivity contribution is -0.134. The molecule has 0 bridgehead atoms. The minimum absolute atomic E-state index is 0.337. The summed E-state index contributed by atoms with van der Waals surface area (Å²) in [6.45, 7) is 3.51. The number of anilines is 1. The molecule has 140 valence electrons. The van der Waals surface area contributed by atoms with Crippen LogP contribution in [-0.2, 0) is 15.1 Å². The molecule has 0 spiro atoms. The van der Waals surface area contributed by atoms with Gasteiger partial charge in [0.1, 0.15) is 12.1 Å². The Bertz CT molecular complexity index is 887. The van der Waals surface area contributed by atoms with Crippen molar-refractivity contribution in [2.45, 2.75) is 19.4 Å². The minimum atomic E-state index is -1.31. The SMILES string of the molecule is CCN(C(=O)CN1C(=O)NC(C)(c2ccccc2Cl)C1=O)c1ccccc1. The fourth-order valence-corrected chi connectivity index (χ4v) is 3.55. The third kappa shape index (κ3) is 3.40. The summed E-state index contributed by atoms with van der Waals surface area (Å²) in [5.74, 6) is -0.839. The average molecular weight is 386 g/mol. The Balaban J connectivity index is 1.84. The molecule has 1 N–H and O–H groups in total. The van der Waals surface area contributed by atoms with E-state index in [1.54, 1.807) is 43.3 Å². The third-order valence-corrected chi connectivity index (χ3v) is 5.00. The van der Waals surface area contributed by atoms with Gasteiger partial charge < -0.3 is 10.2 Å². The van der Waals surface area contributed by atoms with Crippen molar-refractivity contribution in [1.29, 1.82) is 0 Å². The molecule has 0 aliphatic carbocycles. The number of urea groups is 1. The van der Waals surface area contributed by atoms with Crippen molar-refractivity contribution in [3.8, 4) is 0 Å². The van der Waals surface area contributed by atoms with Crippen LogP contribution in [0, 0.1) is 0 Å². The van der Waals surface area contributed by atoms with Gasteiger partial charge in [-0.2, -0.15) is 0 Å². The molecule has 0 radical (unpaired) electrons. The van der Waals surface area contributed by atoms with Gasteiger partial charge in [-0.15, -0.1) is 0 Å². The first-order chi connectivity index (χ1) is 12.9. The van der Waals surface area contributed by atoms with E-state index in [-0.39, 0.29) is 12.5 Å². The highest BCUT2D eigenvalue weighted by Crippen LogP contribution is 2.33. The Kier molecular flexibility index (Phi) is 5.19. The summed E-state index contributed by atoms with van der Waals surface area (Å²) in [6.07, 6.45) is 0. The van der Waals surface area contributed by atoms with Gasteiger partial charge in [-0.05, 0) is 32.0 Å². The van der Waals surface area contributed by atoms with Crippen molar-refractivity contribution >= 4 is 35.1 Å². The molecule has 1 aliphatic heterocycles. The summed E-state index contributed by atoms with van der Waals surface area (Å²) in [7, 11) is 0. The molecule has 6 nitrogen and oxygen atoms in total. The minimum Gasteiger partial charge on any atom is -0.319 e. The maximum Gasteiger partial charge on any atom is 0.325 e. The molecule has 0 saturated carbocycles. The predicted molar refractivity (Wildman–Crippen MR) is 104 cm³/mol. The van der Waals surface area contributed by atoms with Crippen LogP contribution in [0.1, 0.15) is 19.4 Å². The zero-order chi connectivity index (χ0) is 19.6.